The number of hydrogen-bond acceptors (Lipinski definition) is 4. The van der Waals surface area contributed by atoms with Gasteiger partial charge in [-0.2, -0.15) is 5.10 Å². The number of carbonyl (C=O) groups is 1. The van der Waals surface area contributed by atoms with E-state index in [1.807, 2.05) is 26.8 Å². The molecule has 0 aromatic carbocycles. The first-order valence-corrected chi connectivity index (χ1v) is 6.60. The Labute approximate surface area is 118 Å². The standard InChI is InChI=1S/C14H21N5O/c1-9-11-5-10(6-16-12(11)18-17-9)13(20)19(4)8-14(2,3)7-15/h5-6H,7-8,15H2,1-4H3,(H,16,17,18). The van der Waals surface area contributed by atoms with Gasteiger partial charge in [0.15, 0.2) is 5.65 Å². The van der Waals surface area contributed by atoms with E-state index >= 15 is 0 Å². The Morgan fingerprint density at radius 1 is 1.50 bits per heavy atom. The molecule has 20 heavy (non-hydrogen) atoms. The number of aryl methyl sites for hydroxylation is 1. The first-order chi connectivity index (χ1) is 9.34. The maximum Gasteiger partial charge on any atom is 0.255 e. The van der Waals surface area contributed by atoms with Gasteiger partial charge in [0.25, 0.3) is 5.91 Å². The van der Waals surface area contributed by atoms with Gasteiger partial charge in [-0.1, -0.05) is 13.8 Å². The van der Waals surface area contributed by atoms with Gasteiger partial charge in [0.2, 0.25) is 0 Å². The quantitative estimate of drug-likeness (QED) is 0.881. The third-order valence-electron chi connectivity index (χ3n) is 3.41. The molecule has 0 aliphatic rings. The van der Waals surface area contributed by atoms with E-state index in [0.29, 0.717) is 24.3 Å². The van der Waals surface area contributed by atoms with E-state index in [4.69, 9.17) is 5.73 Å². The lowest BCUT2D eigenvalue weighted by molar-refractivity contribution is 0.0740. The van der Waals surface area contributed by atoms with Crippen LogP contribution in [0.25, 0.3) is 11.0 Å². The molecule has 2 aromatic rings. The van der Waals surface area contributed by atoms with Crippen LogP contribution in [0, 0.1) is 12.3 Å². The van der Waals surface area contributed by atoms with Crippen LogP contribution in [0.2, 0.25) is 0 Å². The predicted molar refractivity (Wildman–Crippen MR) is 78.4 cm³/mol. The highest BCUT2D eigenvalue weighted by atomic mass is 16.2. The molecule has 0 saturated heterocycles. The van der Waals surface area contributed by atoms with Crippen molar-refractivity contribution >= 4 is 16.9 Å². The molecule has 0 radical (unpaired) electrons. The number of aromatic amines is 1. The lowest BCUT2D eigenvalue weighted by atomic mass is 9.93. The fourth-order valence-corrected chi connectivity index (χ4v) is 2.14. The van der Waals surface area contributed by atoms with Crippen LogP contribution in [0.15, 0.2) is 12.3 Å². The number of nitrogens with two attached hydrogens (primary N) is 1. The van der Waals surface area contributed by atoms with E-state index in [0.717, 1.165) is 11.1 Å². The van der Waals surface area contributed by atoms with Gasteiger partial charge in [0.05, 0.1) is 5.56 Å². The summed E-state index contributed by atoms with van der Waals surface area (Å²) in [6.45, 7) is 7.12. The Kier molecular flexibility index (Phi) is 3.76. The van der Waals surface area contributed by atoms with Gasteiger partial charge in [-0.05, 0) is 24.9 Å². The van der Waals surface area contributed by atoms with Crippen LogP contribution < -0.4 is 5.73 Å². The van der Waals surface area contributed by atoms with Crippen LogP contribution in [0.5, 0.6) is 0 Å². The van der Waals surface area contributed by atoms with Gasteiger partial charge in [0.1, 0.15) is 0 Å². The highest BCUT2D eigenvalue weighted by molar-refractivity contribution is 5.97. The number of H-pyrrole nitrogens is 1. The molecule has 0 aliphatic heterocycles. The first-order valence-electron chi connectivity index (χ1n) is 6.60. The van der Waals surface area contributed by atoms with Crippen LogP contribution in [-0.4, -0.2) is 46.1 Å². The monoisotopic (exact) mass is 275 g/mol. The van der Waals surface area contributed by atoms with Crippen LogP contribution in [0.3, 0.4) is 0 Å². The molecule has 3 N–H and O–H groups in total. The van der Waals surface area contributed by atoms with Gasteiger partial charge < -0.3 is 10.6 Å². The van der Waals surface area contributed by atoms with E-state index in [1.54, 1.807) is 18.1 Å². The minimum Gasteiger partial charge on any atom is -0.341 e. The Hall–Kier alpha value is -1.95. The SMILES string of the molecule is Cc1[nH]nc2ncc(C(=O)N(C)CC(C)(C)CN)cc12. The summed E-state index contributed by atoms with van der Waals surface area (Å²) in [7, 11) is 1.78. The highest BCUT2D eigenvalue weighted by Crippen LogP contribution is 2.18. The summed E-state index contributed by atoms with van der Waals surface area (Å²) < 4.78 is 0. The van der Waals surface area contributed by atoms with Crippen molar-refractivity contribution in [1.82, 2.24) is 20.1 Å². The lowest BCUT2D eigenvalue weighted by Crippen LogP contribution is -2.39. The molecular weight excluding hydrogens is 254 g/mol. The third-order valence-corrected chi connectivity index (χ3v) is 3.41. The normalized spacial score (nSPS) is 11.8. The number of aromatic nitrogens is 3. The Morgan fingerprint density at radius 3 is 2.85 bits per heavy atom. The lowest BCUT2D eigenvalue weighted by Gasteiger charge is -2.29. The molecule has 6 nitrogen and oxygen atoms in total. The number of carbonyl (C=O) groups excluding carboxylic acids is 1. The van der Waals surface area contributed by atoms with Gasteiger partial charge in [-0.3, -0.25) is 9.89 Å². The van der Waals surface area contributed by atoms with Crippen molar-refractivity contribution in [1.29, 1.82) is 0 Å². The molecule has 2 heterocycles. The first kappa shape index (κ1) is 14.5. The van der Waals surface area contributed by atoms with E-state index in [-0.39, 0.29) is 11.3 Å². The molecule has 2 rings (SSSR count). The van der Waals surface area contributed by atoms with Crippen molar-refractivity contribution in [3.05, 3.63) is 23.5 Å². The van der Waals surface area contributed by atoms with Crippen molar-refractivity contribution in [3.8, 4) is 0 Å². The van der Waals surface area contributed by atoms with E-state index in [2.05, 4.69) is 15.2 Å². The zero-order chi connectivity index (χ0) is 14.9. The molecule has 0 saturated carbocycles. The zero-order valence-corrected chi connectivity index (χ0v) is 12.4. The molecule has 108 valence electrons. The van der Waals surface area contributed by atoms with Gasteiger partial charge in [-0.25, -0.2) is 4.98 Å². The summed E-state index contributed by atoms with van der Waals surface area (Å²) in [5.41, 5.74) is 7.71. The number of hydrogen-bond donors (Lipinski definition) is 2. The van der Waals surface area contributed by atoms with Crippen LogP contribution in [0.1, 0.15) is 29.9 Å². The molecule has 0 fully saturated rings. The van der Waals surface area contributed by atoms with Gasteiger partial charge in [0, 0.05) is 30.9 Å². The number of fused-ring (bicyclic) bond motifs is 1. The average molecular weight is 275 g/mol. The summed E-state index contributed by atoms with van der Waals surface area (Å²) in [4.78, 5) is 18.3. The Morgan fingerprint density at radius 2 is 2.20 bits per heavy atom. The highest BCUT2D eigenvalue weighted by Gasteiger charge is 2.22. The molecule has 6 heteroatoms. The number of nitrogens with zero attached hydrogens (tertiary/aromatic N) is 3. The maximum atomic E-state index is 12.4. The average Bonchev–Trinajstić information content (AvgIpc) is 2.78. The smallest absolute Gasteiger partial charge is 0.255 e. The zero-order valence-electron chi connectivity index (χ0n) is 12.4. The summed E-state index contributed by atoms with van der Waals surface area (Å²) in [5.74, 6) is -0.0541. The minimum absolute atomic E-state index is 0.0541. The fraction of sp³-hybridized carbons (Fsp3) is 0.500. The second-order valence-electron chi connectivity index (χ2n) is 5.97. The molecule has 1 amide bonds. The fourth-order valence-electron chi connectivity index (χ4n) is 2.14. The molecule has 0 aliphatic carbocycles. The van der Waals surface area contributed by atoms with Crippen molar-refractivity contribution in [2.75, 3.05) is 20.1 Å². The largest absolute Gasteiger partial charge is 0.341 e. The second kappa shape index (κ2) is 5.20. The Balaban J connectivity index is 2.24. The summed E-state index contributed by atoms with van der Waals surface area (Å²) in [6.07, 6.45) is 1.57. The number of amides is 1. The topological polar surface area (TPSA) is 87.9 Å². The van der Waals surface area contributed by atoms with Crippen LogP contribution in [-0.2, 0) is 0 Å². The van der Waals surface area contributed by atoms with Crippen LogP contribution in [0.4, 0.5) is 0 Å². The predicted octanol–water partition coefficient (Wildman–Crippen LogP) is 1.32. The van der Waals surface area contributed by atoms with Crippen molar-refractivity contribution in [2.45, 2.75) is 20.8 Å². The second-order valence-corrected chi connectivity index (χ2v) is 5.97. The summed E-state index contributed by atoms with van der Waals surface area (Å²) in [5, 5.41) is 7.80. The van der Waals surface area contributed by atoms with Crippen molar-refractivity contribution in [3.63, 3.8) is 0 Å². The molecule has 0 bridgehead atoms. The Bertz CT molecular complexity index is 632. The summed E-state index contributed by atoms with van der Waals surface area (Å²) in [6, 6.07) is 1.83. The molecule has 2 aromatic heterocycles. The van der Waals surface area contributed by atoms with Gasteiger partial charge >= 0.3 is 0 Å². The summed E-state index contributed by atoms with van der Waals surface area (Å²) >= 11 is 0. The number of nitrogens with one attached hydrogen (secondary N) is 1. The van der Waals surface area contributed by atoms with Crippen LogP contribution >= 0.6 is 0 Å². The van der Waals surface area contributed by atoms with E-state index < -0.39 is 0 Å². The van der Waals surface area contributed by atoms with E-state index in [9.17, 15) is 4.79 Å². The molecule has 0 unspecified atom stereocenters. The van der Waals surface area contributed by atoms with Gasteiger partial charge in [-0.15, -0.1) is 0 Å². The molecular formula is C14H21N5O. The maximum absolute atomic E-state index is 12.4. The van der Waals surface area contributed by atoms with E-state index in [1.165, 1.54) is 0 Å². The van der Waals surface area contributed by atoms with Crippen molar-refractivity contribution < 1.29 is 4.79 Å². The number of pyridine rings is 1. The number of rotatable bonds is 4. The van der Waals surface area contributed by atoms with Crippen molar-refractivity contribution in [2.24, 2.45) is 11.1 Å². The molecule has 0 atom stereocenters. The molecule has 0 spiro atoms. The minimum atomic E-state index is -0.104. The third kappa shape index (κ3) is 2.80.